The van der Waals surface area contributed by atoms with Crippen molar-refractivity contribution in [3.63, 3.8) is 0 Å². The third-order valence-corrected chi connectivity index (χ3v) is 6.79. The van der Waals surface area contributed by atoms with Gasteiger partial charge in [-0.2, -0.15) is 0 Å². The summed E-state index contributed by atoms with van der Waals surface area (Å²) < 4.78 is 38.1. The molecule has 1 fully saturated rings. The van der Waals surface area contributed by atoms with Crippen molar-refractivity contribution < 1.29 is 28.0 Å². The van der Waals surface area contributed by atoms with E-state index in [9.17, 15) is 18.7 Å². The lowest BCUT2D eigenvalue weighted by atomic mass is 9.72. The Hall–Kier alpha value is -2.28. The minimum Gasteiger partial charge on any atom is -0.463 e. The van der Waals surface area contributed by atoms with E-state index in [0.29, 0.717) is 24.9 Å². The zero-order valence-electron chi connectivity index (χ0n) is 19.8. The molecule has 0 unspecified atom stereocenters. The van der Waals surface area contributed by atoms with Crippen LogP contribution in [0, 0.1) is 12.8 Å². The van der Waals surface area contributed by atoms with Crippen LogP contribution < -0.4 is 4.57 Å². The summed E-state index contributed by atoms with van der Waals surface area (Å²) >= 11 is 0. The SMILES string of the molecule is CCCCCn1cc[n+](CCCOC(=O)[C@](O)(c2ccccc2)[C@H]2CCCC(F)(F)C2)c1C. The zero-order chi connectivity index (χ0) is 23.9. The number of esters is 1. The van der Waals surface area contributed by atoms with Crippen LogP contribution in [0.25, 0.3) is 0 Å². The molecule has 1 N–H and O–H groups in total. The minimum atomic E-state index is -2.88. The van der Waals surface area contributed by atoms with E-state index in [1.165, 1.54) is 12.8 Å². The Morgan fingerprint density at radius 3 is 2.73 bits per heavy atom. The predicted molar refractivity (Wildman–Crippen MR) is 122 cm³/mol. The van der Waals surface area contributed by atoms with Crippen molar-refractivity contribution in [2.24, 2.45) is 5.92 Å². The Bertz CT molecular complexity index is 900. The van der Waals surface area contributed by atoms with E-state index in [-0.39, 0.29) is 19.4 Å². The zero-order valence-corrected chi connectivity index (χ0v) is 19.8. The van der Waals surface area contributed by atoms with Crippen LogP contribution in [0.2, 0.25) is 0 Å². The molecule has 0 amide bonds. The average molecular weight is 464 g/mol. The molecule has 0 saturated heterocycles. The van der Waals surface area contributed by atoms with Crippen molar-refractivity contribution in [3.05, 3.63) is 54.1 Å². The summed E-state index contributed by atoms with van der Waals surface area (Å²) in [7, 11) is 0. The number of halogens is 2. The van der Waals surface area contributed by atoms with Gasteiger partial charge in [-0.1, -0.05) is 43.7 Å². The fraction of sp³-hybridized carbons (Fsp3) is 0.615. The minimum absolute atomic E-state index is 0.116. The van der Waals surface area contributed by atoms with Crippen molar-refractivity contribution in [3.8, 4) is 0 Å². The highest BCUT2D eigenvalue weighted by molar-refractivity contribution is 5.81. The second-order valence-corrected chi connectivity index (χ2v) is 9.21. The summed E-state index contributed by atoms with van der Waals surface area (Å²) in [6.45, 7) is 6.02. The molecule has 7 heteroatoms. The Balaban J connectivity index is 1.62. The number of rotatable bonds is 11. The second-order valence-electron chi connectivity index (χ2n) is 9.21. The number of unbranched alkanes of at least 4 members (excludes halogenated alkanes) is 2. The van der Waals surface area contributed by atoms with E-state index in [4.69, 9.17) is 4.74 Å². The van der Waals surface area contributed by atoms with Gasteiger partial charge in [0.25, 0.3) is 5.82 Å². The van der Waals surface area contributed by atoms with Crippen molar-refractivity contribution in [2.75, 3.05) is 6.61 Å². The van der Waals surface area contributed by atoms with E-state index >= 15 is 0 Å². The van der Waals surface area contributed by atoms with E-state index in [1.807, 2.05) is 6.20 Å². The lowest BCUT2D eigenvalue weighted by Gasteiger charge is -2.39. The normalized spacial score (nSPS) is 19.7. The van der Waals surface area contributed by atoms with Crippen molar-refractivity contribution >= 4 is 5.97 Å². The van der Waals surface area contributed by atoms with Gasteiger partial charge in [-0.25, -0.2) is 22.7 Å². The van der Waals surface area contributed by atoms with E-state index in [1.54, 1.807) is 30.3 Å². The summed E-state index contributed by atoms with van der Waals surface area (Å²) in [6.07, 6.45) is 8.07. The molecule has 1 saturated carbocycles. The quantitative estimate of drug-likeness (QED) is 0.292. The monoisotopic (exact) mass is 463 g/mol. The number of aliphatic hydroxyl groups is 1. The number of hydrogen-bond donors (Lipinski definition) is 1. The van der Waals surface area contributed by atoms with Crippen LogP contribution in [0.1, 0.15) is 69.7 Å². The Kier molecular flexibility index (Phi) is 8.63. The molecule has 1 heterocycles. The molecule has 1 aromatic heterocycles. The highest BCUT2D eigenvalue weighted by atomic mass is 19.3. The number of nitrogens with zero attached hydrogens (tertiary/aromatic N) is 2. The van der Waals surface area contributed by atoms with E-state index < -0.39 is 29.8 Å². The molecule has 2 atom stereocenters. The summed E-state index contributed by atoms with van der Waals surface area (Å²) in [5.74, 6) is -3.47. The third kappa shape index (κ3) is 6.19. The molecule has 0 bridgehead atoms. The van der Waals surface area contributed by atoms with Crippen molar-refractivity contribution in [2.45, 2.75) is 89.8 Å². The van der Waals surface area contributed by atoms with Gasteiger partial charge in [-0.15, -0.1) is 0 Å². The topological polar surface area (TPSA) is 55.3 Å². The number of alkyl halides is 2. The lowest BCUT2D eigenvalue weighted by molar-refractivity contribution is -0.702. The smallest absolute Gasteiger partial charge is 0.343 e. The molecule has 1 aliphatic rings. The van der Waals surface area contributed by atoms with Crippen LogP contribution in [-0.2, 0) is 28.2 Å². The van der Waals surface area contributed by atoms with Gasteiger partial charge in [0.2, 0.25) is 5.92 Å². The highest BCUT2D eigenvalue weighted by Crippen LogP contribution is 2.45. The molecule has 2 aromatic rings. The van der Waals surface area contributed by atoms with Gasteiger partial charge >= 0.3 is 5.97 Å². The molecule has 0 aliphatic heterocycles. The van der Waals surface area contributed by atoms with Crippen LogP contribution in [0.3, 0.4) is 0 Å². The highest BCUT2D eigenvalue weighted by Gasteiger charge is 2.52. The largest absolute Gasteiger partial charge is 0.463 e. The first-order valence-electron chi connectivity index (χ1n) is 12.2. The van der Waals surface area contributed by atoms with Gasteiger partial charge in [0.15, 0.2) is 5.60 Å². The number of imidazole rings is 1. The summed E-state index contributed by atoms with van der Waals surface area (Å²) in [5, 5.41) is 11.5. The molecular formula is C26H37F2N2O3+. The summed E-state index contributed by atoms with van der Waals surface area (Å²) in [6, 6.07) is 8.36. The second kappa shape index (κ2) is 11.2. The van der Waals surface area contributed by atoms with Crippen LogP contribution >= 0.6 is 0 Å². The fourth-order valence-corrected chi connectivity index (χ4v) is 4.80. The van der Waals surface area contributed by atoms with Gasteiger partial charge < -0.3 is 9.84 Å². The first-order chi connectivity index (χ1) is 15.8. The van der Waals surface area contributed by atoms with Crippen LogP contribution in [-0.4, -0.2) is 28.2 Å². The molecule has 1 aromatic carbocycles. The molecule has 182 valence electrons. The number of benzene rings is 1. The van der Waals surface area contributed by atoms with Gasteiger partial charge in [-0.05, 0) is 31.2 Å². The molecule has 0 radical (unpaired) electrons. The first-order valence-corrected chi connectivity index (χ1v) is 12.2. The molecule has 3 rings (SSSR count). The van der Waals surface area contributed by atoms with Gasteiger partial charge in [0.05, 0.1) is 19.7 Å². The first kappa shape index (κ1) is 25.3. The number of aryl methyl sites for hydroxylation is 2. The molecular weight excluding hydrogens is 426 g/mol. The standard InChI is InChI=1S/C26H37F2N2O3/c1-3-4-8-15-29-17-18-30(21(29)2)16-10-19-33-24(31)26(32,22-11-6-5-7-12-22)23-13-9-14-25(27,28)20-23/h5-7,11-12,17-18,23,32H,3-4,8-10,13-16,19-20H2,1-2H3/q+1/t23-,26-/m0/s1. The summed E-state index contributed by atoms with van der Waals surface area (Å²) in [4.78, 5) is 13.1. The Morgan fingerprint density at radius 1 is 1.27 bits per heavy atom. The van der Waals surface area contributed by atoms with Crippen LogP contribution in [0.5, 0.6) is 0 Å². The average Bonchev–Trinajstić information content (AvgIpc) is 3.15. The molecule has 1 aliphatic carbocycles. The molecule has 5 nitrogen and oxygen atoms in total. The van der Waals surface area contributed by atoms with Gasteiger partial charge in [0, 0.05) is 32.1 Å². The van der Waals surface area contributed by atoms with Crippen molar-refractivity contribution in [1.82, 2.24) is 4.57 Å². The maximum atomic E-state index is 14.1. The van der Waals surface area contributed by atoms with Gasteiger partial charge in [0.1, 0.15) is 12.4 Å². The lowest BCUT2D eigenvalue weighted by Crippen LogP contribution is -2.48. The maximum absolute atomic E-state index is 14.1. The number of aromatic nitrogens is 2. The third-order valence-electron chi connectivity index (χ3n) is 6.79. The van der Waals surface area contributed by atoms with Crippen LogP contribution in [0.4, 0.5) is 8.78 Å². The van der Waals surface area contributed by atoms with Gasteiger partial charge in [-0.3, -0.25) is 0 Å². The Labute approximate surface area is 195 Å². The number of carbonyl (C=O) groups excluding carboxylic acids is 1. The van der Waals surface area contributed by atoms with Crippen LogP contribution in [0.15, 0.2) is 42.7 Å². The number of ether oxygens (including phenoxy) is 1. The maximum Gasteiger partial charge on any atom is 0.343 e. The summed E-state index contributed by atoms with van der Waals surface area (Å²) in [5.41, 5.74) is -1.76. The number of carbonyl (C=O) groups is 1. The predicted octanol–water partition coefficient (Wildman–Crippen LogP) is 4.92. The van der Waals surface area contributed by atoms with E-state index in [0.717, 1.165) is 18.8 Å². The fourth-order valence-electron chi connectivity index (χ4n) is 4.80. The molecule has 33 heavy (non-hydrogen) atoms. The van der Waals surface area contributed by atoms with Crippen molar-refractivity contribution in [1.29, 1.82) is 0 Å². The molecule has 0 spiro atoms. The van der Waals surface area contributed by atoms with E-state index in [2.05, 4.69) is 29.2 Å². The number of hydrogen-bond acceptors (Lipinski definition) is 3. The Morgan fingerprint density at radius 2 is 2.03 bits per heavy atom.